The van der Waals surface area contributed by atoms with Crippen molar-refractivity contribution in [2.75, 3.05) is 6.79 Å². The van der Waals surface area contributed by atoms with Gasteiger partial charge in [-0.3, -0.25) is 18.7 Å². The Bertz CT molecular complexity index is 1410. The molecule has 1 amide bonds. The number of carbonyl (C=O) groups is 1. The normalized spacial score (nSPS) is 13.8. The summed E-state index contributed by atoms with van der Waals surface area (Å²) in [6.07, 6.45) is 0. The summed E-state index contributed by atoms with van der Waals surface area (Å²) >= 11 is 1.17. The number of benzene rings is 1. The van der Waals surface area contributed by atoms with Crippen LogP contribution in [0.15, 0.2) is 32.8 Å². The fraction of sp³-hybridized carbons (Fsp3) is 0.435. The third-order valence-corrected chi connectivity index (χ3v) is 6.59. The minimum Gasteiger partial charge on any atom is -0.454 e. The zero-order chi connectivity index (χ0) is 24.8. The van der Waals surface area contributed by atoms with E-state index >= 15 is 0 Å². The first-order valence-corrected chi connectivity index (χ1v) is 11.7. The van der Waals surface area contributed by atoms with Crippen LogP contribution in [0.3, 0.4) is 0 Å². The molecule has 0 spiro atoms. The number of rotatable bonds is 5. The third-order valence-electron chi connectivity index (χ3n) is 5.50. The number of fused-ring (bicyclic) bond motifs is 2. The summed E-state index contributed by atoms with van der Waals surface area (Å²) in [5.41, 5.74) is -0.258. The Labute approximate surface area is 200 Å². The van der Waals surface area contributed by atoms with Gasteiger partial charge in [-0.25, -0.2) is 14.8 Å². The first-order valence-electron chi connectivity index (χ1n) is 10.8. The Morgan fingerprint density at radius 2 is 1.85 bits per heavy atom. The molecule has 1 aromatic carbocycles. The van der Waals surface area contributed by atoms with Gasteiger partial charge in [-0.2, -0.15) is 0 Å². The molecule has 1 aliphatic rings. The molecule has 0 saturated carbocycles. The fourth-order valence-corrected chi connectivity index (χ4v) is 4.42. The lowest BCUT2D eigenvalue weighted by atomic mass is 9.96. The predicted molar refractivity (Wildman–Crippen MR) is 128 cm³/mol. The summed E-state index contributed by atoms with van der Waals surface area (Å²) in [6.45, 7) is 8.09. The zero-order valence-electron chi connectivity index (χ0n) is 20.0. The second kappa shape index (κ2) is 8.79. The van der Waals surface area contributed by atoms with E-state index in [0.717, 1.165) is 10.1 Å². The average molecular weight is 486 g/mol. The van der Waals surface area contributed by atoms with Crippen LogP contribution < -0.4 is 26.0 Å². The lowest BCUT2D eigenvalue weighted by molar-refractivity contribution is -0.120. The third kappa shape index (κ3) is 4.39. The number of aryl methyl sites for hydroxylation is 1. The average Bonchev–Trinajstić information content (AvgIpc) is 3.26. The highest BCUT2D eigenvalue weighted by molar-refractivity contribution is 8.00. The fourth-order valence-electron chi connectivity index (χ4n) is 3.45. The molecule has 34 heavy (non-hydrogen) atoms. The maximum absolute atomic E-state index is 13.0. The largest absolute Gasteiger partial charge is 0.454 e. The molecular formula is C23H27N5O5S. The molecule has 0 aliphatic carbocycles. The van der Waals surface area contributed by atoms with Crippen molar-refractivity contribution < 1.29 is 14.3 Å². The van der Waals surface area contributed by atoms with Crippen molar-refractivity contribution in [3.05, 3.63) is 50.4 Å². The van der Waals surface area contributed by atoms with E-state index in [9.17, 15) is 14.4 Å². The molecule has 180 valence electrons. The van der Waals surface area contributed by atoms with Crippen LogP contribution in [0.1, 0.15) is 39.1 Å². The summed E-state index contributed by atoms with van der Waals surface area (Å²) in [6, 6.07) is 5.50. The summed E-state index contributed by atoms with van der Waals surface area (Å²) in [5, 5.41) is 2.95. The summed E-state index contributed by atoms with van der Waals surface area (Å²) in [5.74, 6) is 1.60. The minimum atomic E-state index is -0.554. The number of nitrogens with zero attached hydrogens (tertiary/aromatic N) is 4. The molecule has 1 aliphatic heterocycles. The van der Waals surface area contributed by atoms with Crippen LogP contribution in [0.4, 0.5) is 0 Å². The van der Waals surface area contributed by atoms with Gasteiger partial charge in [0.2, 0.25) is 12.7 Å². The van der Waals surface area contributed by atoms with Crippen LogP contribution in [0.5, 0.6) is 11.5 Å². The van der Waals surface area contributed by atoms with E-state index in [1.807, 2.05) is 39.0 Å². The summed E-state index contributed by atoms with van der Waals surface area (Å²) in [4.78, 5) is 47.5. The Morgan fingerprint density at radius 3 is 2.56 bits per heavy atom. The highest BCUT2D eigenvalue weighted by Gasteiger charge is 2.26. The van der Waals surface area contributed by atoms with Gasteiger partial charge in [0.15, 0.2) is 17.1 Å². The van der Waals surface area contributed by atoms with Gasteiger partial charge in [0, 0.05) is 26.1 Å². The van der Waals surface area contributed by atoms with E-state index in [2.05, 4.69) is 15.3 Å². The van der Waals surface area contributed by atoms with Crippen LogP contribution in [0.2, 0.25) is 0 Å². The van der Waals surface area contributed by atoms with E-state index in [1.54, 1.807) is 14.0 Å². The Hall–Kier alpha value is -3.34. The number of ether oxygens (including phenoxy) is 2. The van der Waals surface area contributed by atoms with Crippen LogP contribution in [-0.4, -0.2) is 37.1 Å². The van der Waals surface area contributed by atoms with Crippen LogP contribution >= 0.6 is 11.8 Å². The molecule has 1 unspecified atom stereocenters. The first kappa shape index (κ1) is 23.8. The lowest BCUT2D eigenvalue weighted by Crippen LogP contribution is -2.38. The van der Waals surface area contributed by atoms with Crippen molar-refractivity contribution in [1.82, 2.24) is 24.4 Å². The number of hydrogen-bond acceptors (Lipinski definition) is 8. The first-order chi connectivity index (χ1) is 16.0. The molecule has 0 saturated heterocycles. The molecule has 4 rings (SSSR count). The molecular weight excluding hydrogens is 458 g/mol. The topological polar surface area (TPSA) is 117 Å². The molecule has 0 radical (unpaired) electrons. The van der Waals surface area contributed by atoms with Gasteiger partial charge in [-0.05, 0) is 24.6 Å². The van der Waals surface area contributed by atoms with E-state index in [-0.39, 0.29) is 23.7 Å². The number of aromatic nitrogens is 4. The highest BCUT2D eigenvalue weighted by Crippen LogP contribution is 2.33. The van der Waals surface area contributed by atoms with Crippen LogP contribution in [0.25, 0.3) is 11.0 Å². The van der Waals surface area contributed by atoms with E-state index in [1.165, 1.54) is 23.4 Å². The number of nitrogens with one attached hydrogen (secondary N) is 1. The minimum absolute atomic E-state index is 0.188. The van der Waals surface area contributed by atoms with Gasteiger partial charge in [-0.1, -0.05) is 38.6 Å². The molecule has 0 bridgehead atoms. The molecule has 1 atom stereocenters. The Kier molecular flexibility index (Phi) is 6.15. The van der Waals surface area contributed by atoms with E-state index < -0.39 is 21.9 Å². The van der Waals surface area contributed by atoms with Crippen molar-refractivity contribution in [2.24, 2.45) is 14.1 Å². The molecule has 1 N–H and O–H groups in total. The van der Waals surface area contributed by atoms with Gasteiger partial charge in [0.25, 0.3) is 5.56 Å². The molecule has 3 aromatic rings. The number of amides is 1. The smallest absolute Gasteiger partial charge is 0.332 e. The van der Waals surface area contributed by atoms with Crippen molar-refractivity contribution in [2.45, 2.75) is 49.9 Å². The predicted octanol–water partition coefficient (Wildman–Crippen LogP) is 1.85. The summed E-state index contributed by atoms with van der Waals surface area (Å²) < 4.78 is 13.1. The maximum atomic E-state index is 13.0. The van der Waals surface area contributed by atoms with Crippen molar-refractivity contribution in [3.8, 4) is 11.5 Å². The number of hydrogen-bond donors (Lipinski definition) is 1. The summed E-state index contributed by atoms with van der Waals surface area (Å²) in [7, 11) is 2.98. The van der Waals surface area contributed by atoms with Gasteiger partial charge in [0.1, 0.15) is 16.2 Å². The molecule has 3 heterocycles. The zero-order valence-corrected chi connectivity index (χ0v) is 20.8. The SMILES string of the molecule is CC(Sc1nc(C(C)(C)C)nc2c1c(=O)n(C)c(=O)n2C)C(=O)NCc1ccc2c(c1)OCO2. The monoisotopic (exact) mass is 485 g/mol. The quantitative estimate of drug-likeness (QED) is 0.430. The second-order valence-electron chi connectivity index (χ2n) is 9.17. The van der Waals surface area contributed by atoms with Crippen LogP contribution in [-0.2, 0) is 30.8 Å². The Balaban J connectivity index is 1.63. The molecule has 10 nitrogen and oxygen atoms in total. The van der Waals surface area contributed by atoms with Gasteiger partial charge in [0.05, 0.1) is 5.25 Å². The molecule has 2 aromatic heterocycles. The molecule has 0 fully saturated rings. The number of carbonyl (C=O) groups excluding carboxylic acids is 1. The van der Waals surface area contributed by atoms with Gasteiger partial charge in [-0.15, -0.1) is 0 Å². The standard InChI is InChI=1S/C23H27N5O5S/c1-12(18(29)24-10-13-7-8-14-15(9-13)33-11-32-14)34-19-16-17(25-21(26-19)23(2,3)4)27(5)22(31)28(6)20(16)30/h7-9,12H,10-11H2,1-6H3,(H,24,29). The van der Waals surface area contributed by atoms with E-state index in [0.29, 0.717) is 28.9 Å². The molecule has 11 heteroatoms. The number of thioether (sulfide) groups is 1. The lowest BCUT2D eigenvalue weighted by Gasteiger charge is -2.20. The Morgan fingerprint density at radius 1 is 1.15 bits per heavy atom. The van der Waals surface area contributed by atoms with Gasteiger partial charge >= 0.3 is 5.69 Å². The van der Waals surface area contributed by atoms with E-state index in [4.69, 9.17) is 9.47 Å². The maximum Gasteiger partial charge on any atom is 0.332 e. The highest BCUT2D eigenvalue weighted by atomic mass is 32.2. The van der Waals surface area contributed by atoms with Gasteiger partial charge < -0.3 is 14.8 Å². The van der Waals surface area contributed by atoms with Crippen molar-refractivity contribution in [1.29, 1.82) is 0 Å². The second-order valence-corrected chi connectivity index (χ2v) is 10.5. The van der Waals surface area contributed by atoms with Crippen LogP contribution in [0, 0.1) is 0 Å². The van der Waals surface area contributed by atoms with Crippen molar-refractivity contribution >= 4 is 28.7 Å². The van der Waals surface area contributed by atoms with Crippen molar-refractivity contribution in [3.63, 3.8) is 0 Å².